The lowest BCUT2D eigenvalue weighted by molar-refractivity contribution is 0.526. The molecule has 1 N–H and O–H groups in total. The fourth-order valence-corrected chi connectivity index (χ4v) is 2.77. The summed E-state index contributed by atoms with van der Waals surface area (Å²) < 4.78 is 0. The topological polar surface area (TPSA) is 12.0 Å². The van der Waals surface area contributed by atoms with Crippen molar-refractivity contribution in [2.45, 2.75) is 85.1 Å². The summed E-state index contributed by atoms with van der Waals surface area (Å²) in [6.45, 7) is 8.94. The second kappa shape index (κ2) is 9.85. The van der Waals surface area contributed by atoms with E-state index in [2.05, 4.69) is 51.2 Å². The highest BCUT2D eigenvalue weighted by atomic mass is 14.9. The molecule has 0 saturated carbocycles. The third-order valence-corrected chi connectivity index (χ3v) is 4.05. The Morgan fingerprint density at radius 1 is 0.900 bits per heavy atom. The van der Waals surface area contributed by atoms with Crippen LogP contribution in [0.2, 0.25) is 0 Å². The van der Waals surface area contributed by atoms with Crippen LogP contribution in [0.3, 0.4) is 0 Å². The van der Waals surface area contributed by atoms with Crippen molar-refractivity contribution < 1.29 is 0 Å². The molecule has 0 aliphatic rings. The smallest absolute Gasteiger partial charge is 0.0372 e. The maximum absolute atomic E-state index is 3.79. The minimum atomic E-state index is 0.648. The van der Waals surface area contributed by atoms with Crippen molar-refractivity contribution in [2.24, 2.45) is 0 Å². The molecule has 0 aliphatic carbocycles. The van der Waals surface area contributed by atoms with Gasteiger partial charge in [-0.15, -0.1) is 0 Å². The minimum absolute atomic E-state index is 0.648. The first-order chi connectivity index (χ1) is 9.67. The van der Waals surface area contributed by atoms with Gasteiger partial charge in [-0.05, 0) is 38.3 Å². The summed E-state index contributed by atoms with van der Waals surface area (Å²) in [6, 6.07) is 7.38. The Bertz CT molecular complexity index is 360. The predicted molar refractivity (Wildman–Crippen MR) is 91.6 cm³/mol. The molecular weight excluding hydrogens is 242 g/mol. The first-order valence-electron chi connectivity index (χ1n) is 8.51. The van der Waals surface area contributed by atoms with Crippen LogP contribution in [-0.2, 0) is 0 Å². The Balaban J connectivity index is 2.56. The van der Waals surface area contributed by atoms with Crippen LogP contribution >= 0.6 is 0 Å². The third-order valence-electron chi connectivity index (χ3n) is 4.05. The van der Waals surface area contributed by atoms with E-state index in [4.69, 9.17) is 0 Å². The Hall–Kier alpha value is -0.980. The molecule has 1 nitrogen and oxygen atoms in total. The lowest BCUT2D eigenvalue weighted by Crippen LogP contribution is -2.20. The van der Waals surface area contributed by atoms with E-state index >= 15 is 0 Å². The Labute approximate surface area is 126 Å². The molecule has 114 valence electrons. The quantitative estimate of drug-likeness (QED) is 0.498. The number of nitrogens with one attached hydrogen (secondary N) is 1. The van der Waals surface area contributed by atoms with Gasteiger partial charge in [-0.3, -0.25) is 0 Å². The Kier molecular flexibility index (Phi) is 8.41. The highest BCUT2D eigenvalue weighted by molar-refractivity contribution is 5.52. The molecule has 0 amide bonds. The Morgan fingerprint density at radius 2 is 1.50 bits per heavy atom. The van der Waals surface area contributed by atoms with Gasteiger partial charge in [-0.25, -0.2) is 0 Å². The molecule has 0 saturated heterocycles. The molecular formula is C19H33N. The van der Waals surface area contributed by atoms with Crippen LogP contribution in [0.25, 0.3) is 0 Å². The van der Waals surface area contributed by atoms with Crippen molar-refractivity contribution in [1.82, 2.24) is 0 Å². The highest BCUT2D eigenvalue weighted by Crippen LogP contribution is 2.21. The summed E-state index contributed by atoms with van der Waals surface area (Å²) >= 11 is 0. The molecule has 0 unspecified atom stereocenters. The van der Waals surface area contributed by atoms with Gasteiger partial charge in [0.1, 0.15) is 0 Å². The van der Waals surface area contributed by atoms with Gasteiger partial charge in [0, 0.05) is 11.7 Å². The fourth-order valence-electron chi connectivity index (χ4n) is 2.77. The average molecular weight is 275 g/mol. The number of hydrogen-bond donors (Lipinski definition) is 1. The predicted octanol–water partition coefficient (Wildman–Crippen LogP) is 6.24. The second-order valence-electron chi connectivity index (χ2n) is 6.15. The summed E-state index contributed by atoms with van der Waals surface area (Å²) in [5, 5.41) is 3.79. The van der Waals surface area contributed by atoms with Gasteiger partial charge in [0.25, 0.3) is 0 Å². The molecule has 20 heavy (non-hydrogen) atoms. The fraction of sp³-hybridized carbons (Fsp3) is 0.684. The molecule has 0 atom stereocenters. The summed E-state index contributed by atoms with van der Waals surface area (Å²) in [5.41, 5.74) is 4.05. The second-order valence-corrected chi connectivity index (χ2v) is 6.15. The zero-order valence-electron chi connectivity index (χ0n) is 14.0. The van der Waals surface area contributed by atoms with Crippen molar-refractivity contribution in [3.63, 3.8) is 0 Å². The molecule has 1 aromatic carbocycles. The van der Waals surface area contributed by atoms with E-state index in [9.17, 15) is 0 Å². The molecule has 0 aromatic heterocycles. The zero-order chi connectivity index (χ0) is 14.8. The number of rotatable bonds is 10. The van der Waals surface area contributed by atoms with Crippen molar-refractivity contribution in [2.75, 3.05) is 5.32 Å². The molecule has 0 aliphatic heterocycles. The molecule has 0 heterocycles. The zero-order valence-corrected chi connectivity index (χ0v) is 14.0. The van der Waals surface area contributed by atoms with Gasteiger partial charge in [-0.1, -0.05) is 70.1 Å². The van der Waals surface area contributed by atoms with E-state index in [0.717, 1.165) is 0 Å². The first-order valence-corrected chi connectivity index (χ1v) is 8.51. The number of benzene rings is 1. The van der Waals surface area contributed by atoms with Crippen LogP contribution in [0.1, 0.15) is 76.3 Å². The van der Waals surface area contributed by atoms with Crippen molar-refractivity contribution in [3.05, 3.63) is 29.3 Å². The van der Waals surface area contributed by atoms with Crippen molar-refractivity contribution in [3.8, 4) is 0 Å². The van der Waals surface area contributed by atoms with Crippen LogP contribution in [0, 0.1) is 13.8 Å². The number of aryl methyl sites for hydroxylation is 2. The third kappa shape index (κ3) is 6.45. The van der Waals surface area contributed by atoms with Gasteiger partial charge in [-0.2, -0.15) is 0 Å². The first kappa shape index (κ1) is 17.1. The van der Waals surface area contributed by atoms with Gasteiger partial charge in [0.2, 0.25) is 0 Å². The average Bonchev–Trinajstić information content (AvgIpc) is 2.42. The van der Waals surface area contributed by atoms with E-state index in [1.807, 2.05) is 0 Å². The van der Waals surface area contributed by atoms with Gasteiger partial charge < -0.3 is 5.32 Å². The van der Waals surface area contributed by atoms with Crippen LogP contribution in [0.5, 0.6) is 0 Å². The lowest BCUT2D eigenvalue weighted by Gasteiger charge is -2.21. The van der Waals surface area contributed by atoms with E-state index in [1.165, 1.54) is 68.2 Å². The van der Waals surface area contributed by atoms with Gasteiger partial charge in [0.05, 0.1) is 0 Å². The molecule has 1 rings (SSSR count). The van der Waals surface area contributed by atoms with Gasteiger partial charge >= 0.3 is 0 Å². The summed E-state index contributed by atoms with van der Waals surface area (Å²) in [6.07, 6.45) is 10.7. The van der Waals surface area contributed by atoms with E-state index in [1.54, 1.807) is 0 Å². The standard InChI is InChI=1S/C19H33N/c1-5-7-9-11-18(12-10-8-6-2)20-19-14-13-16(3)15-17(19)4/h13-15,18,20H,5-12H2,1-4H3. The molecule has 0 bridgehead atoms. The molecule has 0 fully saturated rings. The van der Waals surface area contributed by atoms with Crippen LogP contribution < -0.4 is 5.32 Å². The summed E-state index contributed by atoms with van der Waals surface area (Å²) in [4.78, 5) is 0. The maximum Gasteiger partial charge on any atom is 0.0372 e. The van der Waals surface area contributed by atoms with Crippen LogP contribution in [-0.4, -0.2) is 6.04 Å². The largest absolute Gasteiger partial charge is 0.382 e. The van der Waals surface area contributed by atoms with Gasteiger partial charge in [0.15, 0.2) is 0 Å². The number of unbranched alkanes of at least 4 members (excludes halogenated alkanes) is 4. The maximum atomic E-state index is 3.79. The number of hydrogen-bond acceptors (Lipinski definition) is 1. The van der Waals surface area contributed by atoms with E-state index in [-0.39, 0.29) is 0 Å². The number of anilines is 1. The normalized spacial score (nSPS) is 11.1. The van der Waals surface area contributed by atoms with Crippen molar-refractivity contribution >= 4 is 5.69 Å². The van der Waals surface area contributed by atoms with E-state index < -0.39 is 0 Å². The SMILES string of the molecule is CCCCCC(CCCCC)Nc1ccc(C)cc1C. The summed E-state index contributed by atoms with van der Waals surface area (Å²) in [7, 11) is 0. The lowest BCUT2D eigenvalue weighted by atomic mass is 10.0. The van der Waals surface area contributed by atoms with Crippen LogP contribution in [0.4, 0.5) is 5.69 Å². The molecule has 1 aromatic rings. The van der Waals surface area contributed by atoms with Crippen molar-refractivity contribution in [1.29, 1.82) is 0 Å². The Morgan fingerprint density at radius 3 is 2.00 bits per heavy atom. The van der Waals surface area contributed by atoms with E-state index in [0.29, 0.717) is 6.04 Å². The molecule has 1 heteroatoms. The van der Waals surface area contributed by atoms with Crippen LogP contribution in [0.15, 0.2) is 18.2 Å². The highest BCUT2D eigenvalue weighted by Gasteiger charge is 2.09. The molecule has 0 spiro atoms. The summed E-state index contributed by atoms with van der Waals surface area (Å²) in [5.74, 6) is 0. The minimum Gasteiger partial charge on any atom is -0.382 e. The monoisotopic (exact) mass is 275 g/mol. The molecule has 0 radical (unpaired) electrons.